The molecule has 0 bridgehead atoms. The van der Waals surface area contributed by atoms with E-state index in [2.05, 4.69) is 10.3 Å². The molecule has 2 rings (SSSR count). The molecule has 1 aliphatic carbocycles. The van der Waals surface area contributed by atoms with Gasteiger partial charge in [-0.2, -0.15) is 0 Å². The highest BCUT2D eigenvalue weighted by molar-refractivity contribution is 7.14. The van der Waals surface area contributed by atoms with Crippen LogP contribution in [0.2, 0.25) is 0 Å². The molecule has 1 aromatic rings. The third-order valence-electron chi connectivity index (χ3n) is 2.60. The van der Waals surface area contributed by atoms with Crippen LogP contribution in [0.5, 0.6) is 0 Å². The highest BCUT2D eigenvalue weighted by Gasteiger charge is 2.32. The van der Waals surface area contributed by atoms with Crippen molar-refractivity contribution < 1.29 is 9.59 Å². The number of nitrogens with zero attached hydrogens (tertiary/aromatic N) is 2. The van der Waals surface area contributed by atoms with E-state index in [1.54, 1.807) is 5.38 Å². The fourth-order valence-corrected chi connectivity index (χ4v) is 2.41. The van der Waals surface area contributed by atoms with E-state index < -0.39 is 0 Å². The Balaban J connectivity index is 2.07. The van der Waals surface area contributed by atoms with E-state index >= 15 is 0 Å². The zero-order valence-corrected chi connectivity index (χ0v) is 10.7. The first-order valence-electron chi connectivity index (χ1n) is 5.66. The maximum absolute atomic E-state index is 12.1. The summed E-state index contributed by atoms with van der Waals surface area (Å²) in [6.45, 7) is 4.10. The minimum absolute atomic E-state index is 0.0390. The molecule has 5 nitrogen and oxygen atoms in total. The topological polar surface area (TPSA) is 62.3 Å². The maximum atomic E-state index is 12.1. The summed E-state index contributed by atoms with van der Waals surface area (Å²) in [7, 11) is 0. The van der Waals surface area contributed by atoms with Gasteiger partial charge in [0.2, 0.25) is 5.91 Å². The van der Waals surface area contributed by atoms with Crippen LogP contribution >= 0.6 is 11.3 Å². The summed E-state index contributed by atoms with van der Waals surface area (Å²) >= 11 is 1.28. The molecule has 1 saturated carbocycles. The fourth-order valence-electron chi connectivity index (χ4n) is 1.68. The number of nitrogens with one attached hydrogen (secondary N) is 1. The van der Waals surface area contributed by atoms with Gasteiger partial charge in [-0.1, -0.05) is 0 Å². The number of amides is 2. The molecule has 6 heteroatoms. The lowest BCUT2D eigenvalue weighted by atomic mass is 10.3. The van der Waals surface area contributed by atoms with E-state index in [1.165, 1.54) is 18.3 Å². The Morgan fingerprint density at radius 1 is 1.59 bits per heavy atom. The van der Waals surface area contributed by atoms with Gasteiger partial charge in [-0.25, -0.2) is 4.98 Å². The van der Waals surface area contributed by atoms with Crippen LogP contribution in [0.25, 0.3) is 0 Å². The van der Waals surface area contributed by atoms with Gasteiger partial charge in [-0.15, -0.1) is 11.3 Å². The van der Waals surface area contributed by atoms with E-state index in [0.29, 0.717) is 23.4 Å². The highest BCUT2D eigenvalue weighted by Crippen LogP contribution is 2.28. The third-order valence-corrected chi connectivity index (χ3v) is 3.35. The predicted molar refractivity (Wildman–Crippen MR) is 66.2 cm³/mol. The second-order valence-corrected chi connectivity index (χ2v) is 4.90. The number of carbonyl (C=O) groups excluding carboxylic acids is 2. The monoisotopic (exact) mass is 253 g/mol. The Morgan fingerprint density at radius 3 is 2.82 bits per heavy atom. The Labute approximate surface area is 104 Å². The molecule has 0 aliphatic heterocycles. The summed E-state index contributed by atoms with van der Waals surface area (Å²) < 4.78 is 0. The van der Waals surface area contributed by atoms with Crippen molar-refractivity contribution in [2.75, 3.05) is 11.9 Å². The molecule has 0 unspecified atom stereocenters. The molecule has 0 saturated heterocycles. The summed E-state index contributed by atoms with van der Waals surface area (Å²) in [6, 6.07) is 0.387. The van der Waals surface area contributed by atoms with Crippen LogP contribution in [0.4, 0.5) is 5.13 Å². The minimum atomic E-state index is -0.173. The molecule has 92 valence electrons. The van der Waals surface area contributed by atoms with Gasteiger partial charge in [-0.3, -0.25) is 9.59 Å². The quantitative estimate of drug-likeness (QED) is 0.888. The number of thiazole rings is 1. The fraction of sp³-hybridized carbons (Fsp3) is 0.545. The molecule has 0 spiro atoms. The highest BCUT2D eigenvalue weighted by atomic mass is 32.1. The van der Waals surface area contributed by atoms with E-state index in [1.807, 2.05) is 11.8 Å². The average molecular weight is 253 g/mol. The van der Waals surface area contributed by atoms with E-state index in [9.17, 15) is 9.59 Å². The molecule has 17 heavy (non-hydrogen) atoms. The molecule has 2 amide bonds. The molecule has 0 aromatic carbocycles. The first-order valence-corrected chi connectivity index (χ1v) is 6.54. The summed E-state index contributed by atoms with van der Waals surface area (Å²) in [5, 5.41) is 4.75. The Hall–Kier alpha value is -1.43. The lowest BCUT2D eigenvalue weighted by Crippen LogP contribution is -2.33. The Bertz CT molecular complexity index is 440. The largest absolute Gasteiger partial charge is 0.335 e. The van der Waals surface area contributed by atoms with Crippen LogP contribution in [0.1, 0.15) is 37.2 Å². The van der Waals surface area contributed by atoms with Gasteiger partial charge in [0.1, 0.15) is 5.69 Å². The maximum Gasteiger partial charge on any atom is 0.273 e. The molecule has 1 aliphatic rings. The van der Waals surface area contributed by atoms with Gasteiger partial charge in [0, 0.05) is 24.9 Å². The molecule has 1 aromatic heterocycles. The van der Waals surface area contributed by atoms with Crippen molar-refractivity contribution in [3.63, 3.8) is 0 Å². The van der Waals surface area contributed by atoms with Gasteiger partial charge in [0.25, 0.3) is 5.91 Å². The third kappa shape index (κ3) is 2.82. The average Bonchev–Trinajstić information content (AvgIpc) is 2.99. The molecular weight excluding hydrogens is 238 g/mol. The molecule has 0 atom stereocenters. The summed E-state index contributed by atoms with van der Waals surface area (Å²) in [5.41, 5.74) is 0.424. The first kappa shape index (κ1) is 12.0. The van der Waals surface area contributed by atoms with Crippen molar-refractivity contribution in [3.05, 3.63) is 11.1 Å². The van der Waals surface area contributed by atoms with Crippen molar-refractivity contribution in [1.29, 1.82) is 0 Å². The number of anilines is 1. The van der Waals surface area contributed by atoms with E-state index in [0.717, 1.165) is 12.8 Å². The Kier molecular flexibility index (Phi) is 3.42. The lowest BCUT2D eigenvalue weighted by Gasteiger charge is -2.18. The van der Waals surface area contributed by atoms with Crippen molar-refractivity contribution >= 4 is 28.3 Å². The number of hydrogen-bond donors (Lipinski definition) is 1. The number of hydrogen-bond acceptors (Lipinski definition) is 4. The zero-order chi connectivity index (χ0) is 12.4. The number of rotatable bonds is 4. The predicted octanol–water partition coefficient (Wildman–Crippen LogP) is 1.73. The van der Waals surface area contributed by atoms with Crippen LogP contribution in [0.15, 0.2) is 5.38 Å². The smallest absolute Gasteiger partial charge is 0.273 e. The van der Waals surface area contributed by atoms with Crippen molar-refractivity contribution in [1.82, 2.24) is 9.88 Å². The summed E-state index contributed by atoms with van der Waals surface area (Å²) in [5.74, 6) is -0.212. The Morgan fingerprint density at radius 2 is 2.29 bits per heavy atom. The molecule has 1 heterocycles. The van der Waals surface area contributed by atoms with Crippen LogP contribution in [0.3, 0.4) is 0 Å². The minimum Gasteiger partial charge on any atom is -0.335 e. The number of aromatic nitrogens is 1. The van der Waals surface area contributed by atoms with Crippen LogP contribution in [-0.2, 0) is 4.79 Å². The summed E-state index contributed by atoms with van der Waals surface area (Å²) in [6.07, 6.45) is 2.17. The number of carbonyl (C=O) groups is 2. The van der Waals surface area contributed by atoms with Crippen LogP contribution in [-0.4, -0.2) is 34.3 Å². The second-order valence-electron chi connectivity index (χ2n) is 4.04. The van der Waals surface area contributed by atoms with Gasteiger partial charge in [0.05, 0.1) is 0 Å². The van der Waals surface area contributed by atoms with Gasteiger partial charge < -0.3 is 10.2 Å². The van der Waals surface area contributed by atoms with Crippen molar-refractivity contribution in [3.8, 4) is 0 Å². The normalized spacial score (nSPS) is 14.5. The van der Waals surface area contributed by atoms with Gasteiger partial charge in [0.15, 0.2) is 5.13 Å². The second kappa shape index (κ2) is 4.83. The van der Waals surface area contributed by atoms with Gasteiger partial charge >= 0.3 is 0 Å². The van der Waals surface area contributed by atoms with Crippen LogP contribution < -0.4 is 5.32 Å². The van der Waals surface area contributed by atoms with Crippen LogP contribution in [0, 0.1) is 0 Å². The van der Waals surface area contributed by atoms with E-state index in [-0.39, 0.29) is 11.8 Å². The standard InChI is InChI=1S/C11H15N3O2S/c1-3-14(8-4-5-8)10(16)9-6-17-11(13-9)12-7(2)15/h6,8H,3-5H2,1-2H3,(H,12,13,15). The summed E-state index contributed by atoms with van der Waals surface area (Å²) in [4.78, 5) is 28.9. The molecule has 0 radical (unpaired) electrons. The van der Waals surface area contributed by atoms with Crippen molar-refractivity contribution in [2.45, 2.75) is 32.7 Å². The lowest BCUT2D eigenvalue weighted by molar-refractivity contribution is -0.114. The van der Waals surface area contributed by atoms with Crippen molar-refractivity contribution in [2.24, 2.45) is 0 Å². The molecule has 1 N–H and O–H groups in total. The van der Waals surface area contributed by atoms with E-state index in [4.69, 9.17) is 0 Å². The SMILES string of the molecule is CCN(C(=O)c1csc(NC(C)=O)n1)C1CC1. The van der Waals surface area contributed by atoms with Gasteiger partial charge in [-0.05, 0) is 19.8 Å². The molecular formula is C11H15N3O2S. The molecule has 1 fully saturated rings. The first-order chi connectivity index (χ1) is 8.11. The zero-order valence-electron chi connectivity index (χ0n) is 9.90.